The highest BCUT2D eigenvalue weighted by molar-refractivity contribution is 5.95. The van der Waals surface area contributed by atoms with Crippen molar-refractivity contribution in [1.29, 1.82) is 0 Å². The average Bonchev–Trinajstić information content (AvgIpc) is 2.96. The van der Waals surface area contributed by atoms with E-state index >= 15 is 0 Å². The molecule has 152 valence electrons. The van der Waals surface area contributed by atoms with Crippen molar-refractivity contribution in [2.24, 2.45) is 0 Å². The third-order valence-corrected chi connectivity index (χ3v) is 4.56. The van der Waals surface area contributed by atoms with Crippen LogP contribution in [-0.2, 0) is 26.3 Å². The molecule has 0 aliphatic heterocycles. The van der Waals surface area contributed by atoms with Crippen LogP contribution in [0.1, 0.15) is 33.3 Å². The van der Waals surface area contributed by atoms with E-state index in [1.807, 2.05) is 24.3 Å². The second-order valence-electron chi connectivity index (χ2n) is 7.87. The largest absolute Gasteiger partial charge is 0.451 e. The van der Waals surface area contributed by atoms with Gasteiger partial charge in [-0.15, -0.1) is 0 Å². The van der Waals surface area contributed by atoms with Crippen LogP contribution in [0.2, 0.25) is 0 Å². The molecule has 0 aliphatic carbocycles. The van der Waals surface area contributed by atoms with Crippen molar-refractivity contribution in [2.75, 3.05) is 5.32 Å². The standard InChI is InChI=1S/C22H24N2O5/c1-14(20(26)23-16-11-9-15(10-12-16)22(2,3)4)28-19(25)13-24-17-7-5-6-8-18(17)29-21(24)27/h5-12,14H,13H2,1-4H3,(H,23,26). The van der Waals surface area contributed by atoms with E-state index in [9.17, 15) is 14.4 Å². The fourth-order valence-corrected chi connectivity index (χ4v) is 2.88. The molecule has 7 heteroatoms. The number of rotatable bonds is 5. The lowest BCUT2D eigenvalue weighted by molar-refractivity contribution is -0.153. The summed E-state index contributed by atoms with van der Waals surface area (Å²) in [4.78, 5) is 36.5. The monoisotopic (exact) mass is 396 g/mol. The average molecular weight is 396 g/mol. The number of fused-ring (bicyclic) bond motifs is 1. The Labute approximate surface area is 168 Å². The molecule has 3 aromatic rings. The number of carbonyl (C=O) groups excluding carboxylic acids is 2. The zero-order valence-corrected chi connectivity index (χ0v) is 16.9. The minimum absolute atomic E-state index is 0.0146. The summed E-state index contributed by atoms with van der Waals surface area (Å²) in [6.07, 6.45) is -1.02. The zero-order chi connectivity index (χ0) is 21.2. The van der Waals surface area contributed by atoms with Crippen LogP contribution in [-0.4, -0.2) is 22.5 Å². The molecule has 0 saturated heterocycles. The highest BCUT2D eigenvalue weighted by Crippen LogP contribution is 2.23. The third kappa shape index (κ3) is 4.74. The van der Waals surface area contributed by atoms with E-state index < -0.39 is 23.7 Å². The molecule has 1 heterocycles. The predicted octanol–water partition coefficient (Wildman–Crippen LogP) is 3.46. The van der Waals surface area contributed by atoms with E-state index in [4.69, 9.17) is 9.15 Å². The van der Waals surface area contributed by atoms with Gasteiger partial charge in [0.2, 0.25) is 0 Å². The Balaban J connectivity index is 1.61. The summed E-state index contributed by atoms with van der Waals surface area (Å²) in [5.41, 5.74) is 2.65. The molecule has 1 aromatic heterocycles. The molecule has 1 N–H and O–H groups in total. The second kappa shape index (κ2) is 7.95. The number of para-hydroxylation sites is 2. The number of nitrogens with zero attached hydrogens (tertiary/aromatic N) is 1. The van der Waals surface area contributed by atoms with Crippen LogP contribution in [0, 0.1) is 0 Å². The summed E-state index contributed by atoms with van der Waals surface area (Å²) in [6, 6.07) is 14.3. The Kier molecular flexibility index (Phi) is 5.59. The number of benzene rings is 2. The molecule has 0 saturated carbocycles. The summed E-state index contributed by atoms with van der Waals surface area (Å²) in [5.74, 6) is -1.81. The van der Waals surface area contributed by atoms with Crippen LogP contribution >= 0.6 is 0 Å². The van der Waals surface area contributed by atoms with Crippen molar-refractivity contribution in [3.8, 4) is 0 Å². The van der Waals surface area contributed by atoms with E-state index in [2.05, 4.69) is 26.1 Å². The quantitative estimate of drug-likeness (QED) is 0.667. The molecule has 1 amide bonds. The lowest BCUT2D eigenvalue weighted by atomic mass is 9.87. The minimum atomic E-state index is -1.02. The maximum absolute atomic E-state index is 12.3. The molecule has 0 radical (unpaired) electrons. The number of anilines is 1. The van der Waals surface area contributed by atoms with Crippen LogP contribution in [0.5, 0.6) is 0 Å². The predicted molar refractivity (Wildman–Crippen MR) is 110 cm³/mol. The van der Waals surface area contributed by atoms with E-state index in [0.29, 0.717) is 16.8 Å². The first kappa shape index (κ1) is 20.4. The van der Waals surface area contributed by atoms with Gasteiger partial charge in [-0.25, -0.2) is 4.79 Å². The van der Waals surface area contributed by atoms with Crippen molar-refractivity contribution in [3.05, 3.63) is 64.6 Å². The number of nitrogens with one attached hydrogen (secondary N) is 1. The Bertz CT molecular complexity index is 1090. The summed E-state index contributed by atoms with van der Waals surface area (Å²) in [5, 5.41) is 2.72. The smallest absolute Gasteiger partial charge is 0.420 e. The molecule has 0 spiro atoms. The summed E-state index contributed by atoms with van der Waals surface area (Å²) < 4.78 is 11.4. The third-order valence-electron chi connectivity index (χ3n) is 4.56. The van der Waals surface area contributed by atoms with E-state index in [1.54, 1.807) is 24.3 Å². The van der Waals surface area contributed by atoms with Gasteiger partial charge in [-0.05, 0) is 42.2 Å². The van der Waals surface area contributed by atoms with Crippen LogP contribution in [0.3, 0.4) is 0 Å². The molecule has 1 unspecified atom stereocenters. The number of oxazole rings is 1. The Morgan fingerprint density at radius 1 is 1.10 bits per heavy atom. The molecule has 0 aliphatic rings. The topological polar surface area (TPSA) is 90.5 Å². The number of aromatic nitrogens is 1. The van der Waals surface area contributed by atoms with Gasteiger partial charge in [0.15, 0.2) is 11.7 Å². The molecule has 29 heavy (non-hydrogen) atoms. The highest BCUT2D eigenvalue weighted by Gasteiger charge is 2.20. The van der Waals surface area contributed by atoms with Gasteiger partial charge in [0.05, 0.1) is 5.52 Å². The summed E-state index contributed by atoms with van der Waals surface area (Å²) >= 11 is 0. The number of carbonyl (C=O) groups is 2. The van der Waals surface area contributed by atoms with Crippen molar-refractivity contribution in [3.63, 3.8) is 0 Å². The maximum atomic E-state index is 12.3. The first-order chi connectivity index (χ1) is 13.6. The lowest BCUT2D eigenvalue weighted by Gasteiger charge is -2.19. The van der Waals surface area contributed by atoms with Gasteiger partial charge in [-0.2, -0.15) is 0 Å². The highest BCUT2D eigenvalue weighted by atomic mass is 16.5. The van der Waals surface area contributed by atoms with E-state index in [0.717, 1.165) is 5.56 Å². The number of ether oxygens (including phenoxy) is 1. The second-order valence-corrected chi connectivity index (χ2v) is 7.87. The number of hydrogen-bond donors (Lipinski definition) is 1. The molecule has 0 fully saturated rings. The number of hydrogen-bond acceptors (Lipinski definition) is 5. The van der Waals surface area contributed by atoms with Crippen molar-refractivity contribution in [1.82, 2.24) is 4.57 Å². The first-order valence-corrected chi connectivity index (χ1v) is 9.34. The summed E-state index contributed by atoms with van der Waals surface area (Å²) in [6.45, 7) is 7.46. The molecule has 2 aromatic carbocycles. The fourth-order valence-electron chi connectivity index (χ4n) is 2.88. The van der Waals surface area contributed by atoms with Crippen LogP contribution in [0.15, 0.2) is 57.7 Å². The van der Waals surface area contributed by atoms with Crippen LogP contribution < -0.4 is 11.1 Å². The van der Waals surface area contributed by atoms with Gasteiger partial charge in [0, 0.05) is 5.69 Å². The van der Waals surface area contributed by atoms with E-state index in [1.165, 1.54) is 11.5 Å². The van der Waals surface area contributed by atoms with Crippen molar-refractivity contribution in [2.45, 2.75) is 45.8 Å². The lowest BCUT2D eigenvalue weighted by Crippen LogP contribution is -2.32. The molecule has 7 nitrogen and oxygen atoms in total. The van der Waals surface area contributed by atoms with Crippen LogP contribution in [0.4, 0.5) is 5.69 Å². The Hall–Kier alpha value is -3.35. The van der Waals surface area contributed by atoms with E-state index in [-0.39, 0.29) is 12.0 Å². The molecular weight excluding hydrogens is 372 g/mol. The van der Waals surface area contributed by atoms with Gasteiger partial charge in [-0.3, -0.25) is 14.2 Å². The van der Waals surface area contributed by atoms with Crippen molar-refractivity contribution < 1.29 is 18.7 Å². The maximum Gasteiger partial charge on any atom is 0.420 e. The van der Waals surface area contributed by atoms with Crippen LogP contribution in [0.25, 0.3) is 11.1 Å². The molecular formula is C22H24N2O5. The molecule has 1 atom stereocenters. The zero-order valence-electron chi connectivity index (χ0n) is 16.9. The Morgan fingerprint density at radius 3 is 2.41 bits per heavy atom. The number of amides is 1. The van der Waals surface area contributed by atoms with Gasteiger partial charge in [-0.1, -0.05) is 45.0 Å². The van der Waals surface area contributed by atoms with Gasteiger partial charge >= 0.3 is 11.7 Å². The van der Waals surface area contributed by atoms with Gasteiger partial charge < -0.3 is 14.5 Å². The molecule has 3 rings (SSSR count). The van der Waals surface area contributed by atoms with Gasteiger partial charge in [0.1, 0.15) is 6.54 Å². The fraction of sp³-hybridized carbons (Fsp3) is 0.318. The van der Waals surface area contributed by atoms with Crippen molar-refractivity contribution >= 4 is 28.7 Å². The molecule has 0 bridgehead atoms. The first-order valence-electron chi connectivity index (χ1n) is 9.34. The SMILES string of the molecule is CC(OC(=O)Cn1c(=O)oc2ccccc21)C(=O)Nc1ccc(C(C)(C)C)cc1. The number of esters is 1. The van der Waals surface area contributed by atoms with Gasteiger partial charge in [0.25, 0.3) is 5.91 Å². The summed E-state index contributed by atoms with van der Waals surface area (Å²) in [7, 11) is 0. The normalized spacial score (nSPS) is 12.6. The Morgan fingerprint density at radius 2 is 1.76 bits per heavy atom. The minimum Gasteiger partial charge on any atom is -0.451 e.